The number of carbonyl (C=O) groups excluding carboxylic acids is 2. The molecule has 0 aromatic rings. The predicted octanol–water partition coefficient (Wildman–Crippen LogP) is 1.05. The third kappa shape index (κ3) is 2.95. The summed E-state index contributed by atoms with van der Waals surface area (Å²) in [5.41, 5.74) is -0.739. The van der Waals surface area contributed by atoms with Crippen LogP contribution in [0.5, 0.6) is 0 Å². The highest BCUT2D eigenvalue weighted by Gasteiger charge is 2.60. The SMILES string of the molecule is CCOC(=O)C1(CCCCOC=O)OC1C. The minimum absolute atomic E-state index is 0.0708. The van der Waals surface area contributed by atoms with Crippen LogP contribution in [-0.2, 0) is 23.8 Å². The van der Waals surface area contributed by atoms with E-state index in [9.17, 15) is 9.59 Å². The zero-order valence-corrected chi connectivity index (χ0v) is 9.73. The Kier molecular flexibility index (Phi) is 4.73. The molecule has 0 saturated carbocycles. The molecule has 2 atom stereocenters. The molecular formula is C11H18O5. The van der Waals surface area contributed by atoms with Crippen molar-refractivity contribution in [1.29, 1.82) is 0 Å². The van der Waals surface area contributed by atoms with Gasteiger partial charge in [0.15, 0.2) is 5.60 Å². The van der Waals surface area contributed by atoms with Gasteiger partial charge in [0.05, 0.1) is 19.3 Å². The number of unbranched alkanes of at least 4 members (excludes halogenated alkanes) is 1. The van der Waals surface area contributed by atoms with E-state index in [1.807, 2.05) is 6.92 Å². The van der Waals surface area contributed by atoms with Gasteiger partial charge in [0, 0.05) is 0 Å². The maximum atomic E-state index is 11.6. The van der Waals surface area contributed by atoms with Crippen LogP contribution in [0.3, 0.4) is 0 Å². The molecule has 1 rings (SSSR count). The Hall–Kier alpha value is -1.10. The highest BCUT2D eigenvalue weighted by atomic mass is 16.7. The molecule has 0 aromatic heterocycles. The molecule has 0 aliphatic carbocycles. The third-order valence-electron chi connectivity index (χ3n) is 2.74. The Morgan fingerprint density at radius 1 is 1.50 bits per heavy atom. The number of hydrogen-bond donors (Lipinski definition) is 0. The smallest absolute Gasteiger partial charge is 0.341 e. The number of epoxide rings is 1. The lowest BCUT2D eigenvalue weighted by Gasteiger charge is -2.10. The van der Waals surface area contributed by atoms with Gasteiger partial charge >= 0.3 is 5.97 Å². The molecule has 5 nitrogen and oxygen atoms in total. The molecule has 5 heteroatoms. The van der Waals surface area contributed by atoms with Crippen molar-refractivity contribution in [3.63, 3.8) is 0 Å². The lowest BCUT2D eigenvalue weighted by Crippen LogP contribution is -2.29. The van der Waals surface area contributed by atoms with Crippen molar-refractivity contribution in [2.75, 3.05) is 13.2 Å². The summed E-state index contributed by atoms with van der Waals surface area (Å²) in [7, 11) is 0. The highest BCUT2D eigenvalue weighted by molar-refractivity contribution is 5.83. The van der Waals surface area contributed by atoms with Gasteiger partial charge in [-0.2, -0.15) is 0 Å². The number of carbonyl (C=O) groups is 2. The minimum atomic E-state index is -0.739. The van der Waals surface area contributed by atoms with Gasteiger partial charge in [-0.3, -0.25) is 4.79 Å². The van der Waals surface area contributed by atoms with Crippen molar-refractivity contribution in [3.05, 3.63) is 0 Å². The molecule has 0 spiro atoms. The van der Waals surface area contributed by atoms with Gasteiger partial charge in [-0.15, -0.1) is 0 Å². The second-order valence-electron chi connectivity index (χ2n) is 3.79. The summed E-state index contributed by atoms with van der Waals surface area (Å²) in [6, 6.07) is 0. The normalized spacial score (nSPS) is 27.2. The van der Waals surface area contributed by atoms with Crippen LogP contribution in [0.2, 0.25) is 0 Å². The van der Waals surface area contributed by atoms with Crippen LogP contribution >= 0.6 is 0 Å². The maximum Gasteiger partial charge on any atom is 0.341 e. The Morgan fingerprint density at radius 3 is 2.69 bits per heavy atom. The molecule has 2 unspecified atom stereocenters. The number of ether oxygens (including phenoxy) is 3. The summed E-state index contributed by atoms with van der Waals surface area (Å²) in [6.07, 6.45) is 2.06. The molecule has 1 heterocycles. The first kappa shape index (κ1) is 13.0. The Bertz CT molecular complexity index is 253. The number of hydrogen-bond acceptors (Lipinski definition) is 5. The Balaban J connectivity index is 2.26. The van der Waals surface area contributed by atoms with Crippen LogP contribution < -0.4 is 0 Å². The molecule has 0 N–H and O–H groups in total. The van der Waals surface area contributed by atoms with E-state index in [2.05, 4.69) is 4.74 Å². The fraction of sp³-hybridized carbons (Fsp3) is 0.818. The van der Waals surface area contributed by atoms with E-state index < -0.39 is 5.60 Å². The zero-order valence-electron chi connectivity index (χ0n) is 9.73. The van der Waals surface area contributed by atoms with Crippen molar-refractivity contribution in [1.82, 2.24) is 0 Å². The average Bonchev–Trinajstić information content (AvgIpc) is 2.91. The van der Waals surface area contributed by atoms with Crippen molar-refractivity contribution in [2.45, 2.75) is 44.8 Å². The monoisotopic (exact) mass is 230 g/mol. The summed E-state index contributed by atoms with van der Waals surface area (Å²) in [6.45, 7) is 4.81. The first-order valence-corrected chi connectivity index (χ1v) is 5.57. The van der Waals surface area contributed by atoms with Crippen LogP contribution in [0.15, 0.2) is 0 Å². The van der Waals surface area contributed by atoms with Gasteiger partial charge in [0.1, 0.15) is 0 Å². The molecule has 1 fully saturated rings. The van der Waals surface area contributed by atoms with Gasteiger partial charge in [-0.25, -0.2) is 4.79 Å². The standard InChI is InChI=1S/C11H18O5/c1-3-15-10(13)11(9(2)16-11)6-4-5-7-14-8-12/h8-9H,3-7H2,1-2H3. The lowest BCUT2D eigenvalue weighted by atomic mass is 9.99. The van der Waals surface area contributed by atoms with Gasteiger partial charge < -0.3 is 14.2 Å². The van der Waals surface area contributed by atoms with Gasteiger partial charge in [-0.1, -0.05) is 0 Å². The first-order valence-electron chi connectivity index (χ1n) is 5.57. The first-order chi connectivity index (χ1) is 7.67. The van der Waals surface area contributed by atoms with E-state index in [1.54, 1.807) is 6.92 Å². The molecular weight excluding hydrogens is 212 g/mol. The van der Waals surface area contributed by atoms with Crippen LogP contribution in [0, 0.1) is 0 Å². The second-order valence-corrected chi connectivity index (χ2v) is 3.79. The lowest BCUT2D eigenvalue weighted by molar-refractivity contribution is -0.150. The molecule has 1 aliphatic rings. The van der Waals surface area contributed by atoms with Crippen molar-refractivity contribution in [3.8, 4) is 0 Å². The molecule has 0 radical (unpaired) electrons. The van der Waals surface area contributed by atoms with Gasteiger partial charge in [0.25, 0.3) is 6.47 Å². The fourth-order valence-electron chi connectivity index (χ4n) is 1.73. The van der Waals surface area contributed by atoms with E-state index in [4.69, 9.17) is 9.47 Å². The van der Waals surface area contributed by atoms with Crippen LogP contribution in [0.4, 0.5) is 0 Å². The predicted molar refractivity (Wildman–Crippen MR) is 55.8 cm³/mol. The molecule has 16 heavy (non-hydrogen) atoms. The second kappa shape index (κ2) is 5.84. The van der Waals surface area contributed by atoms with Gasteiger partial charge in [-0.05, 0) is 33.1 Å². The van der Waals surface area contributed by atoms with Crippen molar-refractivity contribution < 1.29 is 23.8 Å². The van der Waals surface area contributed by atoms with E-state index >= 15 is 0 Å². The van der Waals surface area contributed by atoms with Crippen LogP contribution in [0.25, 0.3) is 0 Å². The summed E-state index contributed by atoms with van der Waals surface area (Å²) in [5.74, 6) is -0.279. The van der Waals surface area contributed by atoms with E-state index in [-0.39, 0.29) is 12.1 Å². The molecule has 0 bridgehead atoms. The number of esters is 1. The summed E-state index contributed by atoms with van der Waals surface area (Å²) < 4.78 is 14.9. The fourth-order valence-corrected chi connectivity index (χ4v) is 1.73. The summed E-state index contributed by atoms with van der Waals surface area (Å²) in [4.78, 5) is 21.5. The van der Waals surface area contributed by atoms with Crippen molar-refractivity contribution in [2.24, 2.45) is 0 Å². The molecule has 92 valence electrons. The minimum Gasteiger partial charge on any atom is -0.468 e. The maximum absolute atomic E-state index is 11.6. The van der Waals surface area contributed by atoms with Crippen LogP contribution in [-0.4, -0.2) is 37.4 Å². The van der Waals surface area contributed by atoms with E-state index in [0.717, 1.165) is 12.8 Å². The number of rotatable bonds is 8. The largest absolute Gasteiger partial charge is 0.468 e. The van der Waals surface area contributed by atoms with E-state index in [1.165, 1.54) is 0 Å². The summed E-state index contributed by atoms with van der Waals surface area (Å²) in [5, 5.41) is 0. The molecule has 1 aliphatic heterocycles. The van der Waals surface area contributed by atoms with Crippen LogP contribution in [0.1, 0.15) is 33.1 Å². The Labute approximate surface area is 95.0 Å². The summed E-state index contributed by atoms with van der Waals surface area (Å²) >= 11 is 0. The van der Waals surface area contributed by atoms with Gasteiger partial charge in [0.2, 0.25) is 0 Å². The average molecular weight is 230 g/mol. The highest BCUT2D eigenvalue weighted by Crippen LogP contribution is 2.41. The quantitative estimate of drug-likeness (QED) is 0.270. The Morgan fingerprint density at radius 2 is 2.19 bits per heavy atom. The van der Waals surface area contributed by atoms with Crippen molar-refractivity contribution >= 4 is 12.4 Å². The topological polar surface area (TPSA) is 65.1 Å². The molecule has 1 saturated heterocycles. The molecule has 0 amide bonds. The zero-order chi connectivity index (χ0) is 12.0. The molecule has 0 aromatic carbocycles. The third-order valence-corrected chi connectivity index (χ3v) is 2.74. The van der Waals surface area contributed by atoms with E-state index in [0.29, 0.717) is 26.1 Å².